The van der Waals surface area contributed by atoms with Crippen molar-refractivity contribution < 1.29 is 19.4 Å². The average molecular weight is 463 g/mol. The Morgan fingerprint density at radius 2 is 1.94 bits per heavy atom. The SMILES string of the molecule is COc1ccc2[nH]c3c(c2c1)C[C@@]1(C)C(=O)N(CCN(C)CCO)C(=O)N1C3c1ccccc1. The number of benzene rings is 2. The zero-order valence-corrected chi connectivity index (χ0v) is 19.7. The number of carbonyl (C=O) groups excluding carboxylic acids is 2. The molecule has 2 aromatic carbocycles. The van der Waals surface area contributed by atoms with Crippen LogP contribution in [0.25, 0.3) is 10.9 Å². The molecule has 3 aromatic rings. The van der Waals surface area contributed by atoms with Gasteiger partial charge in [0.15, 0.2) is 0 Å². The van der Waals surface area contributed by atoms with Crippen LogP contribution in [-0.4, -0.2) is 82.7 Å². The number of fused-ring (bicyclic) bond motifs is 4. The summed E-state index contributed by atoms with van der Waals surface area (Å²) in [5, 5.41) is 10.2. The van der Waals surface area contributed by atoms with Crippen LogP contribution < -0.4 is 4.74 Å². The van der Waals surface area contributed by atoms with Crippen molar-refractivity contribution in [2.45, 2.75) is 24.9 Å². The number of H-pyrrole nitrogens is 1. The van der Waals surface area contributed by atoms with Crippen molar-refractivity contribution >= 4 is 22.8 Å². The molecule has 34 heavy (non-hydrogen) atoms. The van der Waals surface area contributed by atoms with Crippen LogP contribution in [0.3, 0.4) is 0 Å². The van der Waals surface area contributed by atoms with Crippen molar-refractivity contribution in [3.8, 4) is 5.75 Å². The second-order valence-corrected chi connectivity index (χ2v) is 9.33. The number of nitrogens with zero attached hydrogens (tertiary/aromatic N) is 3. The summed E-state index contributed by atoms with van der Waals surface area (Å²) in [5.74, 6) is 0.569. The number of nitrogens with one attached hydrogen (secondary N) is 1. The van der Waals surface area contributed by atoms with Gasteiger partial charge in [-0.05, 0) is 43.3 Å². The summed E-state index contributed by atoms with van der Waals surface area (Å²) < 4.78 is 5.46. The number of aromatic amines is 1. The number of rotatable bonds is 7. The van der Waals surface area contributed by atoms with Gasteiger partial charge in [0, 0.05) is 42.7 Å². The maximum atomic E-state index is 13.8. The second-order valence-electron chi connectivity index (χ2n) is 9.33. The van der Waals surface area contributed by atoms with E-state index in [9.17, 15) is 14.7 Å². The molecule has 178 valence electrons. The number of aliphatic hydroxyl groups is 1. The van der Waals surface area contributed by atoms with Gasteiger partial charge in [-0.25, -0.2) is 4.79 Å². The Morgan fingerprint density at radius 1 is 1.18 bits per heavy atom. The number of urea groups is 1. The van der Waals surface area contributed by atoms with E-state index in [0.717, 1.165) is 33.5 Å². The minimum atomic E-state index is -1.00. The van der Waals surface area contributed by atoms with Crippen LogP contribution in [0.1, 0.15) is 29.8 Å². The zero-order chi connectivity index (χ0) is 24.0. The van der Waals surface area contributed by atoms with Gasteiger partial charge in [-0.2, -0.15) is 0 Å². The molecule has 2 N–H and O–H groups in total. The van der Waals surface area contributed by atoms with E-state index >= 15 is 0 Å². The molecule has 0 aliphatic carbocycles. The lowest BCUT2D eigenvalue weighted by molar-refractivity contribution is -0.133. The van der Waals surface area contributed by atoms with E-state index in [4.69, 9.17) is 4.74 Å². The van der Waals surface area contributed by atoms with Crippen molar-refractivity contribution in [3.63, 3.8) is 0 Å². The van der Waals surface area contributed by atoms with E-state index in [0.29, 0.717) is 19.5 Å². The molecule has 1 saturated heterocycles. The first-order chi connectivity index (χ1) is 16.4. The van der Waals surface area contributed by atoms with Gasteiger partial charge in [-0.1, -0.05) is 30.3 Å². The molecule has 1 aromatic heterocycles. The normalized spacial score (nSPS) is 22.0. The topological polar surface area (TPSA) is 89.1 Å². The fourth-order valence-electron chi connectivity index (χ4n) is 5.35. The van der Waals surface area contributed by atoms with Crippen molar-refractivity contribution in [3.05, 3.63) is 65.4 Å². The maximum Gasteiger partial charge on any atom is 0.328 e. The Morgan fingerprint density at radius 3 is 2.65 bits per heavy atom. The molecular weight excluding hydrogens is 432 g/mol. The van der Waals surface area contributed by atoms with Crippen LogP contribution in [0.2, 0.25) is 0 Å². The Labute approximate surface area is 198 Å². The molecule has 2 aliphatic heterocycles. The monoisotopic (exact) mass is 462 g/mol. The number of hydrogen-bond acceptors (Lipinski definition) is 5. The van der Waals surface area contributed by atoms with E-state index in [2.05, 4.69) is 4.98 Å². The van der Waals surface area contributed by atoms with Gasteiger partial charge >= 0.3 is 6.03 Å². The molecule has 1 fully saturated rings. The summed E-state index contributed by atoms with van der Waals surface area (Å²) in [6, 6.07) is 15.1. The number of carbonyl (C=O) groups is 2. The highest BCUT2D eigenvalue weighted by molar-refractivity contribution is 6.08. The molecule has 0 bridgehead atoms. The van der Waals surface area contributed by atoms with Gasteiger partial charge in [0.2, 0.25) is 0 Å². The van der Waals surface area contributed by atoms with E-state index in [1.54, 1.807) is 12.0 Å². The number of methoxy groups -OCH3 is 1. The molecule has 8 heteroatoms. The van der Waals surface area contributed by atoms with Gasteiger partial charge in [-0.3, -0.25) is 14.6 Å². The first kappa shape index (κ1) is 22.4. The predicted octanol–water partition coefficient (Wildman–Crippen LogP) is 2.77. The molecule has 0 radical (unpaired) electrons. The third-order valence-electron chi connectivity index (χ3n) is 7.18. The molecule has 5 rings (SSSR count). The van der Waals surface area contributed by atoms with Crippen molar-refractivity contribution in [1.29, 1.82) is 0 Å². The van der Waals surface area contributed by atoms with Crippen molar-refractivity contribution in [2.75, 3.05) is 40.4 Å². The lowest BCUT2D eigenvalue weighted by Gasteiger charge is -2.42. The summed E-state index contributed by atoms with van der Waals surface area (Å²) in [7, 11) is 3.51. The first-order valence-corrected chi connectivity index (χ1v) is 11.6. The number of amides is 3. The Bertz CT molecular complexity index is 1240. The average Bonchev–Trinajstić information content (AvgIpc) is 3.28. The fourth-order valence-corrected chi connectivity index (χ4v) is 5.35. The predicted molar refractivity (Wildman–Crippen MR) is 129 cm³/mol. The minimum Gasteiger partial charge on any atom is -0.497 e. The van der Waals surface area contributed by atoms with Gasteiger partial charge < -0.3 is 19.7 Å². The lowest BCUT2D eigenvalue weighted by Crippen LogP contribution is -2.53. The van der Waals surface area contributed by atoms with Crippen LogP contribution >= 0.6 is 0 Å². The third-order valence-corrected chi connectivity index (χ3v) is 7.18. The smallest absolute Gasteiger partial charge is 0.328 e. The zero-order valence-electron chi connectivity index (χ0n) is 19.7. The Hall–Kier alpha value is -3.36. The number of likely N-dealkylation sites (N-methyl/N-ethyl adjacent to an activating group) is 1. The van der Waals surface area contributed by atoms with E-state index in [1.807, 2.05) is 67.4 Å². The highest BCUT2D eigenvalue weighted by Crippen LogP contribution is 2.48. The Balaban J connectivity index is 1.62. The summed E-state index contributed by atoms with van der Waals surface area (Å²) >= 11 is 0. The molecule has 3 heterocycles. The van der Waals surface area contributed by atoms with E-state index in [1.165, 1.54) is 4.90 Å². The lowest BCUT2D eigenvalue weighted by atomic mass is 9.81. The van der Waals surface area contributed by atoms with Gasteiger partial charge in [0.1, 0.15) is 17.3 Å². The molecule has 2 aliphatic rings. The Kier molecular flexibility index (Phi) is 5.58. The number of aromatic nitrogens is 1. The molecule has 8 nitrogen and oxygen atoms in total. The summed E-state index contributed by atoms with van der Waals surface area (Å²) in [6.45, 7) is 3.18. The molecule has 3 amide bonds. The van der Waals surface area contributed by atoms with E-state index in [-0.39, 0.29) is 25.1 Å². The van der Waals surface area contributed by atoms with Crippen molar-refractivity contribution in [1.82, 2.24) is 19.7 Å². The van der Waals surface area contributed by atoms with Crippen molar-refractivity contribution in [2.24, 2.45) is 0 Å². The van der Waals surface area contributed by atoms with Gasteiger partial charge in [-0.15, -0.1) is 0 Å². The van der Waals surface area contributed by atoms with Crippen LogP contribution in [0.4, 0.5) is 4.79 Å². The van der Waals surface area contributed by atoms with Crippen LogP contribution in [0, 0.1) is 0 Å². The van der Waals surface area contributed by atoms with Gasteiger partial charge in [0.25, 0.3) is 5.91 Å². The largest absolute Gasteiger partial charge is 0.497 e. The maximum absolute atomic E-state index is 13.8. The molecule has 0 saturated carbocycles. The number of imide groups is 1. The van der Waals surface area contributed by atoms with Crippen LogP contribution in [-0.2, 0) is 11.2 Å². The highest BCUT2D eigenvalue weighted by Gasteiger charge is 2.60. The molecule has 2 atom stereocenters. The summed E-state index contributed by atoms with van der Waals surface area (Å²) in [5.41, 5.74) is 2.89. The number of hydrogen-bond donors (Lipinski definition) is 2. The highest BCUT2D eigenvalue weighted by atomic mass is 16.5. The summed E-state index contributed by atoms with van der Waals surface area (Å²) in [6.07, 6.45) is 0.423. The fraction of sp³-hybridized carbons (Fsp3) is 0.385. The molecular formula is C26H30N4O4. The molecule has 0 spiro atoms. The number of aliphatic hydroxyl groups excluding tert-OH is 1. The standard InChI is InChI=1S/C26H30N4O4/c1-26-16-20-19-15-18(34-3)9-10-21(19)27-22(20)23(17-7-5-4-6-8-17)30(26)25(33)29(24(26)32)12-11-28(2)13-14-31/h4-10,15,23,27,31H,11-14,16H2,1-3H3/t23?,26-/m0/s1. The first-order valence-electron chi connectivity index (χ1n) is 11.6. The van der Waals surface area contributed by atoms with Gasteiger partial charge in [0.05, 0.1) is 13.7 Å². The van der Waals surface area contributed by atoms with Crippen LogP contribution in [0.15, 0.2) is 48.5 Å². The van der Waals surface area contributed by atoms with E-state index < -0.39 is 11.6 Å². The number of ether oxygens (including phenoxy) is 1. The quantitative estimate of drug-likeness (QED) is 0.527. The molecule has 1 unspecified atom stereocenters. The third kappa shape index (κ3) is 3.36. The second kappa shape index (κ2) is 8.45. The minimum absolute atomic E-state index is 0.0312. The summed E-state index contributed by atoms with van der Waals surface area (Å²) in [4.78, 5) is 36.1. The van der Waals surface area contributed by atoms with Crippen LogP contribution in [0.5, 0.6) is 5.75 Å².